The Morgan fingerprint density at radius 1 is 1.54 bits per heavy atom. The smallest absolute Gasteiger partial charge is 0.229 e. The Labute approximate surface area is 87.5 Å². The van der Waals surface area contributed by atoms with Crippen LogP contribution in [0, 0.1) is 5.82 Å². The number of halogens is 2. The van der Waals surface area contributed by atoms with Crippen LogP contribution in [-0.4, -0.2) is 11.8 Å². The molecule has 0 saturated carbocycles. The summed E-state index contributed by atoms with van der Waals surface area (Å²) in [5.74, 6) is 0.804. The van der Waals surface area contributed by atoms with E-state index in [2.05, 4.69) is 20.3 Å². The molecule has 1 aliphatic rings. The number of hydrogen-bond donors (Lipinski definition) is 0. The summed E-state index contributed by atoms with van der Waals surface area (Å²) in [5, 5.41) is 0. The van der Waals surface area contributed by atoms with Crippen LogP contribution in [0.1, 0.15) is 5.56 Å². The summed E-state index contributed by atoms with van der Waals surface area (Å²) in [6, 6.07) is 4.42. The van der Waals surface area contributed by atoms with E-state index in [9.17, 15) is 4.39 Å². The number of ether oxygens (including phenoxy) is 1. The molecule has 68 valence electrons. The average molecular weight is 262 g/mol. The molecule has 0 saturated heterocycles. The minimum absolute atomic E-state index is 0.276. The van der Waals surface area contributed by atoms with Gasteiger partial charge in [-0.25, -0.2) is 4.39 Å². The van der Waals surface area contributed by atoms with Crippen molar-refractivity contribution in [1.29, 1.82) is 0 Å². The standard InChI is InChI=1S/C8H5BrFNOS/c9-7-3-5(10)1-2-6(7)8-11-13-4-12-8/h1-3H,4H2. The van der Waals surface area contributed by atoms with E-state index in [1.165, 1.54) is 24.1 Å². The van der Waals surface area contributed by atoms with Crippen LogP contribution >= 0.6 is 27.9 Å². The van der Waals surface area contributed by atoms with Gasteiger partial charge >= 0.3 is 0 Å². The van der Waals surface area contributed by atoms with Gasteiger partial charge in [-0.2, -0.15) is 4.40 Å². The fraction of sp³-hybridized carbons (Fsp3) is 0.125. The zero-order chi connectivity index (χ0) is 9.26. The molecule has 1 aromatic rings. The second-order valence-corrected chi connectivity index (χ2v) is 3.94. The molecule has 0 radical (unpaired) electrons. The highest BCUT2D eigenvalue weighted by Crippen LogP contribution is 2.24. The minimum atomic E-state index is -0.276. The second kappa shape index (κ2) is 3.67. The first-order chi connectivity index (χ1) is 6.27. The average Bonchev–Trinajstić information content (AvgIpc) is 2.56. The SMILES string of the molecule is Fc1ccc(C2=NSCO2)c(Br)c1. The highest BCUT2D eigenvalue weighted by Gasteiger charge is 2.14. The lowest BCUT2D eigenvalue weighted by atomic mass is 10.2. The van der Waals surface area contributed by atoms with E-state index in [4.69, 9.17) is 4.74 Å². The normalized spacial score (nSPS) is 15.4. The molecule has 0 atom stereocenters. The number of nitrogens with zero attached hydrogens (tertiary/aromatic N) is 1. The zero-order valence-electron chi connectivity index (χ0n) is 6.46. The van der Waals surface area contributed by atoms with Gasteiger partial charge in [-0.05, 0) is 34.1 Å². The van der Waals surface area contributed by atoms with Gasteiger partial charge in [-0.15, -0.1) is 0 Å². The van der Waals surface area contributed by atoms with Crippen molar-refractivity contribution in [2.24, 2.45) is 4.40 Å². The fourth-order valence-electron chi connectivity index (χ4n) is 0.983. The lowest BCUT2D eigenvalue weighted by Crippen LogP contribution is -2.01. The van der Waals surface area contributed by atoms with Gasteiger partial charge in [0.15, 0.2) is 5.94 Å². The molecule has 0 N–H and O–H groups in total. The van der Waals surface area contributed by atoms with Crippen molar-refractivity contribution < 1.29 is 9.13 Å². The fourth-order valence-corrected chi connectivity index (χ4v) is 1.99. The Morgan fingerprint density at radius 3 is 3.00 bits per heavy atom. The monoisotopic (exact) mass is 261 g/mol. The van der Waals surface area contributed by atoms with Crippen LogP contribution in [-0.2, 0) is 4.74 Å². The molecular formula is C8H5BrFNOS. The lowest BCUT2D eigenvalue weighted by Gasteiger charge is -2.02. The van der Waals surface area contributed by atoms with Crippen LogP contribution in [0.15, 0.2) is 27.1 Å². The van der Waals surface area contributed by atoms with Crippen LogP contribution < -0.4 is 0 Å². The van der Waals surface area contributed by atoms with Crippen molar-refractivity contribution in [1.82, 2.24) is 0 Å². The predicted octanol–water partition coefficient (Wildman–Crippen LogP) is 2.97. The van der Waals surface area contributed by atoms with Gasteiger partial charge in [0, 0.05) is 16.4 Å². The van der Waals surface area contributed by atoms with Gasteiger partial charge < -0.3 is 4.74 Å². The molecule has 1 aliphatic heterocycles. The first-order valence-corrected chi connectivity index (χ1v) is 5.29. The molecule has 0 spiro atoms. The predicted molar refractivity (Wildman–Crippen MR) is 54.2 cm³/mol. The van der Waals surface area contributed by atoms with E-state index in [1.807, 2.05) is 0 Å². The summed E-state index contributed by atoms with van der Waals surface area (Å²) in [6.07, 6.45) is 0. The first-order valence-electron chi connectivity index (χ1n) is 3.55. The van der Waals surface area contributed by atoms with E-state index in [1.54, 1.807) is 6.07 Å². The minimum Gasteiger partial charge on any atom is -0.464 e. The Bertz CT molecular complexity index is 369. The zero-order valence-corrected chi connectivity index (χ0v) is 8.86. The van der Waals surface area contributed by atoms with Crippen LogP contribution in [0.3, 0.4) is 0 Å². The Balaban J connectivity index is 2.40. The molecule has 0 unspecified atom stereocenters. The van der Waals surface area contributed by atoms with Gasteiger partial charge in [0.2, 0.25) is 5.90 Å². The molecule has 5 heteroatoms. The molecule has 0 bridgehead atoms. The number of benzene rings is 1. The highest BCUT2D eigenvalue weighted by molar-refractivity contribution is 9.10. The van der Waals surface area contributed by atoms with E-state index in [-0.39, 0.29) is 5.82 Å². The van der Waals surface area contributed by atoms with Gasteiger partial charge in [0.25, 0.3) is 0 Å². The van der Waals surface area contributed by atoms with E-state index in [0.717, 1.165) is 5.56 Å². The molecular weight excluding hydrogens is 257 g/mol. The van der Waals surface area contributed by atoms with Crippen molar-refractivity contribution in [2.75, 3.05) is 5.94 Å². The maximum atomic E-state index is 12.7. The van der Waals surface area contributed by atoms with Crippen LogP contribution in [0.4, 0.5) is 4.39 Å². The van der Waals surface area contributed by atoms with E-state index in [0.29, 0.717) is 16.3 Å². The Kier molecular flexibility index (Phi) is 2.55. The third-order valence-corrected chi connectivity index (χ3v) is 2.73. The summed E-state index contributed by atoms with van der Waals surface area (Å²) in [4.78, 5) is 0. The maximum Gasteiger partial charge on any atom is 0.229 e. The van der Waals surface area contributed by atoms with E-state index < -0.39 is 0 Å². The molecule has 1 heterocycles. The van der Waals surface area contributed by atoms with Gasteiger partial charge in [0.1, 0.15) is 5.82 Å². The molecule has 0 aromatic heterocycles. The summed E-state index contributed by atoms with van der Waals surface area (Å²) in [7, 11) is 0. The van der Waals surface area contributed by atoms with Crippen molar-refractivity contribution in [3.63, 3.8) is 0 Å². The molecule has 13 heavy (non-hydrogen) atoms. The third kappa shape index (κ3) is 1.86. The summed E-state index contributed by atoms with van der Waals surface area (Å²) in [5.41, 5.74) is 0.784. The van der Waals surface area contributed by atoms with Crippen molar-refractivity contribution in [2.45, 2.75) is 0 Å². The highest BCUT2D eigenvalue weighted by atomic mass is 79.9. The summed E-state index contributed by atoms with van der Waals surface area (Å²) < 4.78 is 22.7. The number of hydrogen-bond acceptors (Lipinski definition) is 3. The largest absolute Gasteiger partial charge is 0.464 e. The molecule has 2 rings (SSSR count). The van der Waals surface area contributed by atoms with Gasteiger partial charge in [0.05, 0.1) is 5.56 Å². The second-order valence-electron chi connectivity index (χ2n) is 2.41. The first kappa shape index (κ1) is 9.02. The van der Waals surface area contributed by atoms with Crippen LogP contribution in [0.25, 0.3) is 0 Å². The Hall–Kier alpha value is -0.550. The summed E-state index contributed by atoms with van der Waals surface area (Å²) in [6.45, 7) is 0. The topological polar surface area (TPSA) is 21.6 Å². The van der Waals surface area contributed by atoms with Crippen LogP contribution in [0.5, 0.6) is 0 Å². The maximum absolute atomic E-state index is 12.7. The molecule has 0 amide bonds. The Morgan fingerprint density at radius 2 is 2.38 bits per heavy atom. The van der Waals surface area contributed by atoms with Crippen molar-refractivity contribution >= 4 is 33.8 Å². The van der Waals surface area contributed by atoms with E-state index >= 15 is 0 Å². The third-order valence-electron chi connectivity index (χ3n) is 1.56. The van der Waals surface area contributed by atoms with Crippen LogP contribution in [0.2, 0.25) is 0 Å². The molecule has 1 aromatic carbocycles. The van der Waals surface area contributed by atoms with Crippen molar-refractivity contribution in [3.8, 4) is 0 Å². The number of rotatable bonds is 1. The van der Waals surface area contributed by atoms with Crippen molar-refractivity contribution in [3.05, 3.63) is 34.1 Å². The summed E-state index contributed by atoms with van der Waals surface area (Å²) >= 11 is 4.59. The molecule has 0 fully saturated rings. The lowest BCUT2D eigenvalue weighted by molar-refractivity contribution is 0.393. The molecule has 2 nitrogen and oxygen atoms in total. The molecule has 0 aliphatic carbocycles. The van der Waals surface area contributed by atoms with Gasteiger partial charge in [-0.3, -0.25) is 0 Å². The van der Waals surface area contributed by atoms with Gasteiger partial charge in [-0.1, -0.05) is 0 Å². The quantitative estimate of drug-likeness (QED) is 0.726.